The SMILES string of the molecule is Brc1cc(Sc2nnnn2C2CCCC2)nc(C2CC2)n1. The van der Waals surface area contributed by atoms with Gasteiger partial charge in [-0.2, -0.15) is 0 Å². The third-order valence-electron chi connectivity index (χ3n) is 3.96. The van der Waals surface area contributed by atoms with Crippen molar-refractivity contribution in [2.45, 2.75) is 60.7 Å². The number of hydrogen-bond acceptors (Lipinski definition) is 6. The molecule has 0 spiro atoms. The fraction of sp³-hybridized carbons (Fsp3) is 0.615. The van der Waals surface area contributed by atoms with E-state index in [1.165, 1.54) is 50.3 Å². The van der Waals surface area contributed by atoms with E-state index < -0.39 is 0 Å². The van der Waals surface area contributed by atoms with Gasteiger partial charge < -0.3 is 0 Å². The van der Waals surface area contributed by atoms with Crippen molar-refractivity contribution < 1.29 is 0 Å². The molecule has 6 nitrogen and oxygen atoms in total. The zero-order chi connectivity index (χ0) is 14.2. The number of rotatable bonds is 4. The highest BCUT2D eigenvalue weighted by molar-refractivity contribution is 9.10. The summed E-state index contributed by atoms with van der Waals surface area (Å²) < 4.78 is 2.80. The van der Waals surface area contributed by atoms with Gasteiger partial charge in [0.05, 0.1) is 6.04 Å². The third kappa shape index (κ3) is 2.96. The molecule has 0 saturated heterocycles. The van der Waals surface area contributed by atoms with Crippen molar-refractivity contribution in [3.63, 3.8) is 0 Å². The molecular weight excluding hydrogens is 352 g/mol. The van der Waals surface area contributed by atoms with Gasteiger partial charge in [0, 0.05) is 12.0 Å². The fourth-order valence-corrected chi connectivity index (χ4v) is 4.12. The van der Waals surface area contributed by atoms with Crippen LogP contribution in [-0.2, 0) is 0 Å². The average molecular weight is 367 g/mol. The van der Waals surface area contributed by atoms with Crippen LogP contribution >= 0.6 is 27.7 Å². The second-order valence-corrected chi connectivity index (χ2v) is 7.41. The molecule has 0 bridgehead atoms. The number of halogens is 1. The number of tetrazole rings is 1. The van der Waals surface area contributed by atoms with E-state index in [0.29, 0.717) is 12.0 Å². The Hall–Kier alpha value is -1.02. The van der Waals surface area contributed by atoms with E-state index in [9.17, 15) is 0 Å². The topological polar surface area (TPSA) is 69.4 Å². The van der Waals surface area contributed by atoms with Gasteiger partial charge in [0.25, 0.3) is 0 Å². The molecule has 0 aliphatic heterocycles. The predicted octanol–water partition coefficient (Wildman–Crippen LogP) is 3.37. The highest BCUT2D eigenvalue weighted by atomic mass is 79.9. The van der Waals surface area contributed by atoms with E-state index in [1.54, 1.807) is 0 Å². The van der Waals surface area contributed by atoms with Crippen LogP contribution in [-0.4, -0.2) is 30.2 Å². The molecule has 0 amide bonds. The first kappa shape index (κ1) is 13.6. The predicted molar refractivity (Wildman–Crippen MR) is 81.2 cm³/mol. The van der Waals surface area contributed by atoms with Crippen molar-refractivity contribution >= 4 is 27.7 Å². The van der Waals surface area contributed by atoms with Crippen molar-refractivity contribution in [2.24, 2.45) is 0 Å². The third-order valence-corrected chi connectivity index (χ3v) is 5.24. The molecule has 8 heteroatoms. The second kappa shape index (κ2) is 5.64. The Morgan fingerprint density at radius 3 is 2.71 bits per heavy atom. The first-order chi connectivity index (χ1) is 10.3. The maximum atomic E-state index is 4.65. The highest BCUT2D eigenvalue weighted by Gasteiger charge is 2.28. The molecule has 0 atom stereocenters. The van der Waals surface area contributed by atoms with E-state index in [-0.39, 0.29) is 0 Å². The zero-order valence-electron chi connectivity index (χ0n) is 11.4. The van der Waals surface area contributed by atoms with Crippen LogP contribution in [0.25, 0.3) is 0 Å². The maximum absolute atomic E-state index is 4.65. The summed E-state index contributed by atoms with van der Waals surface area (Å²) in [6, 6.07) is 2.38. The van der Waals surface area contributed by atoms with Gasteiger partial charge in [0.15, 0.2) is 0 Å². The number of aromatic nitrogens is 6. The Morgan fingerprint density at radius 1 is 1.14 bits per heavy atom. The molecule has 110 valence electrons. The minimum atomic E-state index is 0.440. The lowest BCUT2D eigenvalue weighted by Crippen LogP contribution is -2.08. The van der Waals surface area contributed by atoms with Crippen LogP contribution in [0.1, 0.15) is 56.3 Å². The van der Waals surface area contributed by atoms with Crippen molar-refractivity contribution in [2.75, 3.05) is 0 Å². The van der Waals surface area contributed by atoms with E-state index in [0.717, 1.165) is 20.6 Å². The van der Waals surface area contributed by atoms with Crippen LogP contribution in [0.5, 0.6) is 0 Å². The normalized spacial score (nSPS) is 19.3. The smallest absolute Gasteiger partial charge is 0.215 e. The van der Waals surface area contributed by atoms with Crippen LogP contribution in [0.4, 0.5) is 0 Å². The van der Waals surface area contributed by atoms with Crippen LogP contribution in [0, 0.1) is 0 Å². The summed E-state index contributed by atoms with van der Waals surface area (Å²) in [5.74, 6) is 1.47. The van der Waals surface area contributed by atoms with Gasteiger partial charge in [-0.3, -0.25) is 0 Å². The highest BCUT2D eigenvalue weighted by Crippen LogP contribution is 2.40. The number of nitrogens with zero attached hydrogens (tertiary/aromatic N) is 6. The molecule has 0 aromatic carbocycles. The standard InChI is InChI=1S/C13H15BrN6S/c14-10-7-11(16-12(15-10)8-5-6-8)21-13-17-18-19-20(13)9-3-1-2-4-9/h7-9H,1-6H2. The van der Waals surface area contributed by atoms with Crippen LogP contribution in [0.3, 0.4) is 0 Å². The van der Waals surface area contributed by atoms with Crippen molar-refractivity contribution in [3.8, 4) is 0 Å². The van der Waals surface area contributed by atoms with Crippen molar-refractivity contribution in [1.29, 1.82) is 0 Å². The molecule has 0 unspecified atom stereocenters. The van der Waals surface area contributed by atoms with Gasteiger partial charge in [-0.1, -0.05) is 12.8 Å². The van der Waals surface area contributed by atoms with Gasteiger partial charge in [0.2, 0.25) is 5.16 Å². The second-order valence-electron chi connectivity index (χ2n) is 5.61. The summed E-state index contributed by atoms with van der Waals surface area (Å²) in [5.41, 5.74) is 0. The largest absolute Gasteiger partial charge is 0.226 e. The fourth-order valence-electron chi connectivity index (χ4n) is 2.71. The Morgan fingerprint density at radius 2 is 1.95 bits per heavy atom. The minimum Gasteiger partial charge on any atom is -0.226 e. The molecule has 2 saturated carbocycles. The van der Waals surface area contributed by atoms with Gasteiger partial charge in [-0.25, -0.2) is 14.6 Å². The first-order valence-electron chi connectivity index (χ1n) is 7.30. The van der Waals surface area contributed by atoms with Gasteiger partial charge in [-0.05, 0) is 63.8 Å². The molecule has 0 radical (unpaired) electrons. The van der Waals surface area contributed by atoms with Crippen molar-refractivity contribution in [1.82, 2.24) is 30.2 Å². The Kier molecular flexibility index (Phi) is 3.66. The van der Waals surface area contributed by atoms with Crippen LogP contribution in [0.2, 0.25) is 0 Å². The van der Waals surface area contributed by atoms with E-state index >= 15 is 0 Å². The van der Waals surface area contributed by atoms with Crippen LogP contribution in [0.15, 0.2) is 20.9 Å². The molecule has 0 N–H and O–H groups in total. The van der Waals surface area contributed by atoms with E-state index in [4.69, 9.17) is 0 Å². The molecule has 2 aromatic heterocycles. The summed E-state index contributed by atoms with van der Waals surface area (Å²) in [6.45, 7) is 0. The molecular formula is C13H15BrN6S. The quantitative estimate of drug-likeness (QED) is 0.772. The average Bonchev–Trinajstić information content (AvgIpc) is 2.98. The Labute approximate surface area is 135 Å². The molecule has 2 heterocycles. The van der Waals surface area contributed by atoms with Crippen molar-refractivity contribution in [3.05, 3.63) is 16.5 Å². The molecule has 2 fully saturated rings. The lowest BCUT2D eigenvalue weighted by Gasteiger charge is -2.10. The zero-order valence-corrected chi connectivity index (χ0v) is 13.8. The lowest BCUT2D eigenvalue weighted by molar-refractivity contribution is 0.423. The Balaban J connectivity index is 1.59. The molecule has 4 rings (SSSR count). The molecule has 21 heavy (non-hydrogen) atoms. The maximum Gasteiger partial charge on any atom is 0.215 e. The summed E-state index contributed by atoms with van der Waals surface area (Å²) in [4.78, 5) is 9.11. The van der Waals surface area contributed by atoms with E-state index in [2.05, 4.69) is 41.4 Å². The Bertz CT molecular complexity index is 650. The summed E-state index contributed by atoms with van der Waals surface area (Å²) in [7, 11) is 0. The lowest BCUT2D eigenvalue weighted by atomic mass is 10.3. The number of hydrogen-bond donors (Lipinski definition) is 0. The molecule has 2 aliphatic rings. The van der Waals surface area contributed by atoms with Gasteiger partial charge in [-0.15, -0.1) is 5.10 Å². The summed E-state index contributed by atoms with van der Waals surface area (Å²) >= 11 is 5.00. The molecule has 2 aliphatic carbocycles. The van der Waals surface area contributed by atoms with Crippen LogP contribution < -0.4 is 0 Å². The molecule has 2 aromatic rings. The monoisotopic (exact) mass is 366 g/mol. The summed E-state index contributed by atoms with van der Waals surface area (Å²) in [6.07, 6.45) is 7.25. The van der Waals surface area contributed by atoms with Gasteiger partial charge in [0.1, 0.15) is 15.5 Å². The summed E-state index contributed by atoms with van der Waals surface area (Å²) in [5, 5.41) is 13.9. The van der Waals surface area contributed by atoms with E-state index in [1.807, 2.05) is 10.7 Å². The van der Waals surface area contributed by atoms with Gasteiger partial charge >= 0.3 is 0 Å². The minimum absolute atomic E-state index is 0.440. The first-order valence-corrected chi connectivity index (χ1v) is 8.91.